The van der Waals surface area contributed by atoms with E-state index in [1.54, 1.807) is 0 Å². The average molecular weight is 195 g/mol. The molecule has 0 amide bonds. The van der Waals surface area contributed by atoms with Crippen LogP contribution in [0.25, 0.3) is 0 Å². The number of hydrogen-bond acceptors (Lipinski definition) is 1. The highest BCUT2D eigenvalue weighted by molar-refractivity contribution is 4.83. The van der Waals surface area contributed by atoms with Crippen LogP contribution in [0.4, 0.5) is 13.2 Å². The van der Waals surface area contributed by atoms with Crippen molar-refractivity contribution in [3.63, 3.8) is 0 Å². The number of nitrogens with two attached hydrogens (primary N) is 1. The Hall–Kier alpha value is -0.250. The summed E-state index contributed by atoms with van der Waals surface area (Å²) in [6.07, 6.45) is -1.20. The maximum absolute atomic E-state index is 12.2. The van der Waals surface area contributed by atoms with Crippen LogP contribution in [-0.2, 0) is 0 Å². The van der Waals surface area contributed by atoms with Crippen molar-refractivity contribution in [1.29, 1.82) is 0 Å². The van der Waals surface area contributed by atoms with Crippen LogP contribution >= 0.6 is 0 Å². The highest BCUT2D eigenvalue weighted by atomic mass is 19.4. The first kappa shape index (κ1) is 10.8. The first-order chi connectivity index (χ1) is 5.91. The lowest BCUT2D eigenvalue weighted by Gasteiger charge is -2.31. The van der Waals surface area contributed by atoms with Crippen LogP contribution in [0.2, 0.25) is 0 Å². The van der Waals surface area contributed by atoms with Gasteiger partial charge in [-0.1, -0.05) is 19.8 Å². The lowest BCUT2D eigenvalue weighted by Crippen LogP contribution is -2.44. The van der Waals surface area contributed by atoms with Crippen LogP contribution < -0.4 is 5.73 Å². The zero-order valence-electron chi connectivity index (χ0n) is 7.77. The van der Waals surface area contributed by atoms with E-state index in [0.29, 0.717) is 18.8 Å². The Morgan fingerprint density at radius 2 is 1.62 bits per heavy atom. The normalized spacial score (nSPS) is 33.0. The van der Waals surface area contributed by atoms with E-state index in [9.17, 15) is 13.2 Å². The van der Waals surface area contributed by atoms with Gasteiger partial charge in [-0.05, 0) is 24.7 Å². The first-order valence-corrected chi connectivity index (χ1v) is 4.73. The van der Waals surface area contributed by atoms with Gasteiger partial charge < -0.3 is 5.73 Å². The zero-order valence-corrected chi connectivity index (χ0v) is 7.77. The number of rotatable bonds is 1. The molecule has 1 rings (SSSR count). The Balaban J connectivity index is 2.45. The Labute approximate surface area is 76.5 Å². The third-order valence-corrected chi connectivity index (χ3v) is 2.95. The van der Waals surface area contributed by atoms with Crippen LogP contribution in [0.5, 0.6) is 0 Å². The fourth-order valence-corrected chi connectivity index (χ4v) is 1.91. The minimum Gasteiger partial charge on any atom is -0.320 e. The van der Waals surface area contributed by atoms with Gasteiger partial charge in [-0.3, -0.25) is 0 Å². The van der Waals surface area contributed by atoms with Gasteiger partial charge in [0, 0.05) is 0 Å². The van der Waals surface area contributed by atoms with E-state index >= 15 is 0 Å². The molecule has 0 aromatic rings. The fourth-order valence-electron chi connectivity index (χ4n) is 1.91. The largest absolute Gasteiger partial charge is 0.403 e. The summed E-state index contributed by atoms with van der Waals surface area (Å²) in [6, 6.07) is -1.61. The predicted molar refractivity (Wildman–Crippen MR) is 45.2 cm³/mol. The summed E-state index contributed by atoms with van der Waals surface area (Å²) in [6.45, 7) is 2.08. The summed E-state index contributed by atoms with van der Waals surface area (Å²) in [4.78, 5) is 0. The molecule has 0 bridgehead atoms. The molecule has 0 aliphatic heterocycles. The van der Waals surface area contributed by atoms with Crippen molar-refractivity contribution in [3.05, 3.63) is 0 Å². The molecular weight excluding hydrogens is 179 g/mol. The molecule has 0 aromatic carbocycles. The summed E-state index contributed by atoms with van der Waals surface area (Å²) in [5, 5.41) is 0. The Bertz CT molecular complexity index is 159. The second-order valence-corrected chi connectivity index (χ2v) is 4.09. The van der Waals surface area contributed by atoms with Crippen molar-refractivity contribution in [1.82, 2.24) is 0 Å². The highest BCUT2D eigenvalue weighted by Gasteiger charge is 2.42. The molecule has 0 radical (unpaired) electrons. The molecule has 1 aliphatic rings. The van der Waals surface area contributed by atoms with E-state index in [0.717, 1.165) is 12.8 Å². The molecule has 0 spiro atoms. The molecule has 13 heavy (non-hydrogen) atoms. The van der Waals surface area contributed by atoms with E-state index in [-0.39, 0.29) is 5.92 Å². The van der Waals surface area contributed by atoms with Crippen molar-refractivity contribution in [3.8, 4) is 0 Å². The van der Waals surface area contributed by atoms with Gasteiger partial charge in [0.05, 0.1) is 0 Å². The Morgan fingerprint density at radius 1 is 1.15 bits per heavy atom. The van der Waals surface area contributed by atoms with Gasteiger partial charge in [0.25, 0.3) is 0 Å². The molecule has 78 valence electrons. The van der Waals surface area contributed by atoms with E-state index < -0.39 is 12.2 Å². The second kappa shape index (κ2) is 3.86. The molecule has 1 saturated carbocycles. The lowest BCUT2D eigenvalue weighted by atomic mass is 9.79. The van der Waals surface area contributed by atoms with Crippen molar-refractivity contribution in [2.24, 2.45) is 17.6 Å². The predicted octanol–water partition coefficient (Wildman–Crippen LogP) is 2.70. The van der Waals surface area contributed by atoms with E-state index in [4.69, 9.17) is 5.73 Å². The topological polar surface area (TPSA) is 26.0 Å². The van der Waals surface area contributed by atoms with Crippen LogP contribution in [0, 0.1) is 11.8 Å². The third kappa shape index (κ3) is 2.86. The molecule has 0 aromatic heterocycles. The molecule has 1 unspecified atom stereocenters. The molecule has 1 aliphatic carbocycles. The van der Waals surface area contributed by atoms with Crippen LogP contribution in [-0.4, -0.2) is 12.2 Å². The van der Waals surface area contributed by atoms with Gasteiger partial charge in [0.15, 0.2) is 0 Å². The minimum atomic E-state index is -4.22. The average Bonchev–Trinajstić information content (AvgIpc) is 2.03. The summed E-state index contributed by atoms with van der Waals surface area (Å²) in [5.41, 5.74) is 5.15. The van der Waals surface area contributed by atoms with Gasteiger partial charge in [0.1, 0.15) is 6.04 Å². The van der Waals surface area contributed by atoms with Gasteiger partial charge >= 0.3 is 6.18 Å². The van der Waals surface area contributed by atoms with E-state index in [2.05, 4.69) is 6.92 Å². The molecule has 0 saturated heterocycles. The fraction of sp³-hybridized carbons (Fsp3) is 1.00. The minimum absolute atomic E-state index is 0.351. The highest BCUT2D eigenvalue weighted by Crippen LogP contribution is 2.35. The van der Waals surface area contributed by atoms with Gasteiger partial charge in [0.2, 0.25) is 0 Å². The molecule has 4 heteroatoms. The quantitative estimate of drug-likeness (QED) is 0.684. The lowest BCUT2D eigenvalue weighted by molar-refractivity contribution is -0.161. The molecule has 1 fully saturated rings. The first-order valence-electron chi connectivity index (χ1n) is 4.73. The maximum Gasteiger partial charge on any atom is 0.403 e. The van der Waals surface area contributed by atoms with Crippen molar-refractivity contribution in [2.75, 3.05) is 0 Å². The van der Waals surface area contributed by atoms with Crippen LogP contribution in [0.15, 0.2) is 0 Å². The van der Waals surface area contributed by atoms with Gasteiger partial charge in [-0.25, -0.2) is 0 Å². The van der Waals surface area contributed by atoms with Crippen LogP contribution in [0.1, 0.15) is 32.6 Å². The zero-order chi connectivity index (χ0) is 10.1. The van der Waals surface area contributed by atoms with E-state index in [1.165, 1.54) is 0 Å². The van der Waals surface area contributed by atoms with Crippen LogP contribution in [0.3, 0.4) is 0 Å². The number of halogens is 3. The number of hydrogen-bond donors (Lipinski definition) is 1. The SMILES string of the molecule is CC1CCC(C(N)C(F)(F)F)CC1. The maximum atomic E-state index is 12.2. The second-order valence-electron chi connectivity index (χ2n) is 4.09. The smallest absolute Gasteiger partial charge is 0.320 e. The third-order valence-electron chi connectivity index (χ3n) is 2.95. The molecule has 2 N–H and O–H groups in total. The molecule has 0 heterocycles. The molecular formula is C9H16F3N. The van der Waals surface area contributed by atoms with Crippen molar-refractivity contribution < 1.29 is 13.2 Å². The summed E-state index contributed by atoms with van der Waals surface area (Å²) < 4.78 is 36.6. The Morgan fingerprint density at radius 3 is 2.00 bits per heavy atom. The van der Waals surface area contributed by atoms with Gasteiger partial charge in [-0.2, -0.15) is 13.2 Å². The summed E-state index contributed by atoms with van der Waals surface area (Å²) in [5.74, 6) is 0.216. The van der Waals surface area contributed by atoms with Crippen molar-refractivity contribution in [2.45, 2.75) is 44.8 Å². The number of alkyl halides is 3. The Kier molecular flexibility index (Phi) is 3.22. The van der Waals surface area contributed by atoms with Crippen molar-refractivity contribution >= 4 is 0 Å². The van der Waals surface area contributed by atoms with E-state index in [1.807, 2.05) is 0 Å². The molecule has 1 nitrogen and oxygen atoms in total. The van der Waals surface area contributed by atoms with Gasteiger partial charge in [-0.15, -0.1) is 0 Å². The molecule has 1 atom stereocenters. The summed E-state index contributed by atoms with van der Waals surface area (Å²) in [7, 11) is 0. The summed E-state index contributed by atoms with van der Waals surface area (Å²) >= 11 is 0. The standard InChI is InChI=1S/C9H16F3N/c1-6-2-4-7(5-3-6)8(13)9(10,11)12/h6-8H,2-5,13H2,1H3. The monoisotopic (exact) mass is 195 g/mol.